The first-order valence-electron chi connectivity index (χ1n) is 9.57. The molecule has 0 bridgehead atoms. The van der Waals surface area contributed by atoms with Gasteiger partial charge in [0, 0.05) is 17.8 Å². The van der Waals surface area contributed by atoms with Gasteiger partial charge in [-0.25, -0.2) is 9.97 Å². The lowest BCUT2D eigenvalue weighted by Crippen LogP contribution is -2.34. The molecule has 7 nitrogen and oxygen atoms in total. The van der Waals surface area contributed by atoms with Gasteiger partial charge in [0.1, 0.15) is 24.7 Å². The van der Waals surface area contributed by atoms with Gasteiger partial charge in [-0.15, -0.1) is 0 Å². The molecule has 27 heavy (non-hydrogen) atoms. The van der Waals surface area contributed by atoms with Crippen molar-refractivity contribution in [3.63, 3.8) is 0 Å². The molecule has 142 valence electrons. The number of rotatable bonds is 4. The summed E-state index contributed by atoms with van der Waals surface area (Å²) in [5.74, 6) is 1.86. The molecule has 2 N–H and O–H groups in total. The second-order valence-electron chi connectivity index (χ2n) is 6.93. The Balaban J connectivity index is 1.37. The van der Waals surface area contributed by atoms with Crippen LogP contribution in [0.1, 0.15) is 49.0 Å². The minimum atomic E-state index is -0.153. The minimum absolute atomic E-state index is 0.153. The van der Waals surface area contributed by atoms with Crippen molar-refractivity contribution in [2.75, 3.05) is 18.5 Å². The van der Waals surface area contributed by atoms with E-state index in [9.17, 15) is 4.79 Å². The fourth-order valence-electron chi connectivity index (χ4n) is 3.46. The first kappa shape index (κ1) is 17.6. The van der Waals surface area contributed by atoms with Gasteiger partial charge in [0.2, 0.25) is 0 Å². The van der Waals surface area contributed by atoms with E-state index >= 15 is 0 Å². The highest BCUT2D eigenvalue weighted by molar-refractivity contribution is 5.92. The van der Waals surface area contributed by atoms with Crippen LogP contribution in [0.4, 0.5) is 11.5 Å². The van der Waals surface area contributed by atoms with Gasteiger partial charge in [0.15, 0.2) is 11.5 Å². The highest BCUT2D eigenvalue weighted by Gasteiger charge is 2.17. The molecule has 0 atom stereocenters. The summed E-state index contributed by atoms with van der Waals surface area (Å²) in [6, 6.07) is 5.86. The molecule has 7 heteroatoms. The summed E-state index contributed by atoms with van der Waals surface area (Å²) >= 11 is 0. The molecule has 1 amide bonds. The van der Waals surface area contributed by atoms with Crippen LogP contribution in [0.3, 0.4) is 0 Å². The Hall–Kier alpha value is -2.83. The van der Waals surface area contributed by atoms with E-state index in [1.54, 1.807) is 6.20 Å². The second kappa shape index (κ2) is 8.24. The molecule has 0 unspecified atom stereocenters. The van der Waals surface area contributed by atoms with Crippen LogP contribution in [-0.2, 0) is 0 Å². The summed E-state index contributed by atoms with van der Waals surface area (Å²) in [5.41, 5.74) is 1.16. The zero-order valence-corrected chi connectivity index (χ0v) is 15.2. The summed E-state index contributed by atoms with van der Waals surface area (Å²) < 4.78 is 11.1. The maximum absolute atomic E-state index is 12.4. The Morgan fingerprint density at radius 1 is 0.963 bits per heavy atom. The van der Waals surface area contributed by atoms with Crippen LogP contribution < -0.4 is 20.1 Å². The number of carbonyl (C=O) groups excluding carboxylic acids is 1. The first-order valence-corrected chi connectivity index (χ1v) is 9.57. The Bertz CT molecular complexity index is 786. The van der Waals surface area contributed by atoms with E-state index in [-0.39, 0.29) is 11.9 Å². The zero-order valence-electron chi connectivity index (χ0n) is 15.2. The molecule has 0 radical (unpaired) electrons. The maximum atomic E-state index is 12.4. The fourth-order valence-corrected chi connectivity index (χ4v) is 3.46. The van der Waals surface area contributed by atoms with Crippen molar-refractivity contribution in [1.82, 2.24) is 15.3 Å². The van der Waals surface area contributed by atoms with Crippen molar-refractivity contribution in [3.05, 3.63) is 36.3 Å². The average molecular weight is 368 g/mol. The number of amides is 1. The number of nitrogens with zero attached hydrogens (tertiary/aromatic N) is 2. The number of benzene rings is 1. The number of fused-ring (bicyclic) bond motifs is 1. The van der Waals surface area contributed by atoms with Gasteiger partial charge in [-0.1, -0.05) is 25.7 Å². The third kappa shape index (κ3) is 4.48. The predicted octanol–water partition coefficient (Wildman–Crippen LogP) is 3.44. The number of anilines is 2. The number of ether oxygens (including phenoxy) is 2. The van der Waals surface area contributed by atoms with Crippen molar-refractivity contribution >= 4 is 17.4 Å². The highest BCUT2D eigenvalue weighted by Crippen LogP contribution is 2.33. The van der Waals surface area contributed by atoms with Gasteiger partial charge in [0.05, 0.1) is 12.4 Å². The molecule has 0 saturated heterocycles. The van der Waals surface area contributed by atoms with Crippen LogP contribution in [0.2, 0.25) is 0 Å². The summed E-state index contributed by atoms with van der Waals surface area (Å²) in [5, 5.41) is 6.26. The molecule has 1 fully saturated rings. The molecule has 4 rings (SSSR count). The van der Waals surface area contributed by atoms with E-state index in [4.69, 9.17) is 9.47 Å². The molecule has 2 aromatic rings. The fraction of sp³-hybridized carbons (Fsp3) is 0.450. The van der Waals surface area contributed by atoms with Gasteiger partial charge < -0.3 is 20.1 Å². The Kier molecular flexibility index (Phi) is 5.37. The summed E-state index contributed by atoms with van der Waals surface area (Å²) in [6.07, 6.45) is 10.0. The van der Waals surface area contributed by atoms with E-state index in [2.05, 4.69) is 20.6 Å². The van der Waals surface area contributed by atoms with Gasteiger partial charge >= 0.3 is 0 Å². The van der Waals surface area contributed by atoms with Crippen LogP contribution in [0.25, 0.3) is 0 Å². The van der Waals surface area contributed by atoms with Gasteiger partial charge in [-0.2, -0.15) is 0 Å². The molecule has 1 aromatic carbocycles. The summed E-state index contributed by atoms with van der Waals surface area (Å²) in [6.45, 7) is 1.11. The number of aromatic nitrogens is 2. The number of hydrogen-bond acceptors (Lipinski definition) is 6. The van der Waals surface area contributed by atoms with Crippen molar-refractivity contribution in [1.29, 1.82) is 0 Å². The lowest BCUT2D eigenvalue weighted by Gasteiger charge is -2.19. The standard InChI is InChI=1S/C20H24N4O3/c25-20(24-14-5-3-1-2-4-6-14)16-12-22-19(13-21-16)23-15-7-8-17-18(11-15)27-10-9-26-17/h7-8,11-14H,1-6,9-10H2,(H,22,23)(H,24,25). The van der Waals surface area contributed by atoms with Crippen LogP contribution in [-0.4, -0.2) is 35.1 Å². The largest absolute Gasteiger partial charge is 0.486 e. The molecule has 2 heterocycles. The maximum Gasteiger partial charge on any atom is 0.271 e. The molecule has 1 aromatic heterocycles. The van der Waals surface area contributed by atoms with E-state index in [0.717, 1.165) is 24.3 Å². The third-order valence-electron chi connectivity index (χ3n) is 4.89. The molecular formula is C20H24N4O3. The van der Waals surface area contributed by atoms with Crippen LogP contribution in [0.5, 0.6) is 11.5 Å². The lowest BCUT2D eigenvalue weighted by atomic mass is 10.1. The van der Waals surface area contributed by atoms with Crippen molar-refractivity contribution < 1.29 is 14.3 Å². The number of hydrogen-bond donors (Lipinski definition) is 2. The van der Waals surface area contributed by atoms with Gasteiger partial charge in [-0.3, -0.25) is 4.79 Å². The quantitative estimate of drug-likeness (QED) is 0.804. The monoisotopic (exact) mass is 368 g/mol. The Morgan fingerprint density at radius 3 is 2.48 bits per heavy atom. The van der Waals surface area contributed by atoms with Crippen molar-refractivity contribution in [3.8, 4) is 11.5 Å². The van der Waals surface area contributed by atoms with Gasteiger partial charge in [-0.05, 0) is 25.0 Å². The SMILES string of the molecule is O=C(NC1CCCCCC1)c1cnc(Nc2ccc3c(c2)OCCO3)cn1. The smallest absolute Gasteiger partial charge is 0.271 e. The molecule has 1 aliphatic heterocycles. The molecule has 1 saturated carbocycles. The highest BCUT2D eigenvalue weighted by atomic mass is 16.6. The van der Waals surface area contributed by atoms with Crippen LogP contribution in [0.15, 0.2) is 30.6 Å². The number of nitrogens with one attached hydrogen (secondary N) is 2. The average Bonchev–Trinajstić information content (AvgIpc) is 2.97. The molecule has 2 aliphatic rings. The third-order valence-corrected chi connectivity index (χ3v) is 4.89. The summed E-state index contributed by atoms with van der Waals surface area (Å²) in [4.78, 5) is 21.0. The second-order valence-corrected chi connectivity index (χ2v) is 6.93. The van der Waals surface area contributed by atoms with Crippen LogP contribution in [0, 0.1) is 0 Å². The van der Waals surface area contributed by atoms with Gasteiger partial charge in [0.25, 0.3) is 5.91 Å². The lowest BCUT2D eigenvalue weighted by molar-refractivity contribution is 0.0928. The molecule has 0 spiro atoms. The van der Waals surface area contributed by atoms with Crippen LogP contribution >= 0.6 is 0 Å². The zero-order chi connectivity index (χ0) is 18.5. The first-order chi connectivity index (χ1) is 13.3. The molecular weight excluding hydrogens is 344 g/mol. The van der Waals surface area contributed by atoms with E-state index in [0.29, 0.717) is 30.5 Å². The van der Waals surface area contributed by atoms with Crippen molar-refractivity contribution in [2.24, 2.45) is 0 Å². The van der Waals surface area contributed by atoms with E-state index < -0.39 is 0 Å². The molecule has 1 aliphatic carbocycles. The topological polar surface area (TPSA) is 85.4 Å². The summed E-state index contributed by atoms with van der Waals surface area (Å²) in [7, 11) is 0. The van der Waals surface area contributed by atoms with E-state index in [1.165, 1.54) is 31.9 Å². The van der Waals surface area contributed by atoms with Crippen molar-refractivity contribution in [2.45, 2.75) is 44.6 Å². The minimum Gasteiger partial charge on any atom is -0.486 e. The Morgan fingerprint density at radius 2 is 1.74 bits per heavy atom. The normalized spacial score (nSPS) is 17.0. The number of carbonyl (C=O) groups is 1. The van der Waals surface area contributed by atoms with E-state index in [1.807, 2.05) is 18.2 Å². The Labute approximate surface area is 158 Å². The predicted molar refractivity (Wildman–Crippen MR) is 102 cm³/mol.